The van der Waals surface area contributed by atoms with Crippen LogP contribution in [0, 0.1) is 0 Å². The van der Waals surface area contributed by atoms with Gasteiger partial charge in [0, 0.05) is 13.2 Å². The molecule has 1 saturated heterocycles. The Hall–Kier alpha value is -1.88. The maximum absolute atomic E-state index is 11.9. The molecule has 1 aromatic carbocycles. The first-order chi connectivity index (χ1) is 9.31. The summed E-state index contributed by atoms with van der Waals surface area (Å²) in [6, 6.07) is 5.83. The zero-order valence-corrected chi connectivity index (χ0v) is 10.7. The highest BCUT2D eigenvalue weighted by Gasteiger charge is 2.16. The van der Waals surface area contributed by atoms with Gasteiger partial charge in [0.1, 0.15) is 0 Å². The molecule has 5 nitrogen and oxygen atoms in total. The van der Waals surface area contributed by atoms with Gasteiger partial charge in [0.2, 0.25) is 5.91 Å². The summed E-state index contributed by atoms with van der Waals surface area (Å²) in [5.41, 5.74) is 2.87. The van der Waals surface area contributed by atoms with Gasteiger partial charge in [-0.15, -0.1) is 0 Å². The number of benzene rings is 1. The van der Waals surface area contributed by atoms with Crippen molar-refractivity contribution in [2.45, 2.75) is 25.4 Å². The lowest BCUT2D eigenvalue weighted by atomic mass is 10.1. The third-order valence-electron chi connectivity index (χ3n) is 3.40. The van der Waals surface area contributed by atoms with E-state index in [-0.39, 0.29) is 12.0 Å². The first-order valence-corrected chi connectivity index (χ1v) is 6.61. The third kappa shape index (κ3) is 2.93. The monoisotopic (exact) mass is 259 g/mol. The molecule has 1 aliphatic rings. The maximum Gasteiger partial charge on any atom is 0.224 e. The fourth-order valence-electron chi connectivity index (χ4n) is 2.37. The average Bonchev–Trinajstić information content (AvgIpc) is 3.07. The second kappa shape index (κ2) is 5.40. The summed E-state index contributed by atoms with van der Waals surface area (Å²) in [6.07, 6.45) is 4.38. The van der Waals surface area contributed by atoms with Crippen molar-refractivity contribution in [1.29, 1.82) is 0 Å². The highest BCUT2D eigenvalue weighted by molar-refractivity contribution is 5.81. The lowest BCUT2D eigenvalue weighted by Crippen LogP contribution is -2.32. The van der Waals surface area contributed by atoms with E-state index in [1.54, 1.807) is 6.33 Å². The van der Waals surface area contributed by atoms with Crippen LogP contribution in [0.3, 0.4) is 0 Å². The molecule has 0 saturated carbocycles. The largest absolute Gasteiger partial charge is 0.376 e. The number of carbonyl (C=O) groups excluding carboxylic acids is 1. The summed E-state index contributed by atoms with van der Waals surface area (Å²) in [4.78, 5) is 19.1. The number of hydrogen-bond donors (Lipinski definition) is 2. The predicted octanol–water partition coefficient (Wildman–Crippen LogP) is 1.40. The van der Waals surface area contributed by atoms with E-state index < -0.39 is 0 Å². The Balaban J connectivity index is 1.55. The summed E-state index contributed by atoms with van der Waals surface area (Å²) in [5.74, 6) is 0.0364. The summed E-state index contributed by atoms with van der Waals surface area (Å²) >= 11 is 0. The van der Waals surface area contributed by atoms with Crippen LogP contribution in [0.1, 0.15) is 18.4 Å². The van der Waals surface area contributed by atoms with Gasteiger partial charge in [-0.2, -0.15) is 0 Å². The van der Waals surface area contributed by atoms with Crippen LogP contribution < -0.4 is 5.32 Å². The Morgan fingerprint density at radius 3 is 3.32 bits per heavy atom. The molecule has 0 aliphatic carbocycles. The Labute approximate surface area is 111 Å². The van der Waals surface area contributed by atoms with Gasteiger partial charge in [-0.25, -0.2) is 4.98 Å². The second-order valence-corrected chi connectivity index (χ2v) is 4.87. The van der Waals surface area contributed by atoms with Crippen molar-refractivity contribution >= 4 is 16.9 Å². The topological polar surface area (TPSA) is 67.0 Å². The lowest BCUT2D eigenvalue weighted by molar-refractivity contribution is -0.120. The predicted molar refractivity (Wildman–Crippen MR) is 71.8 cm³/mol. The fourth-order valence-corrected chi connectivity index (χ4v) is 2.37. The van der Waals surface area contributed by atoms with E-state index in [0.29, 0.717) is 13.0 Å². The van der Waals surface area contributed by atoms with Crippen LogP contribution >= 0.6 is 0 Å². The van der Waals surface area contributed by atoms with Gasteiger partial charge in [0.05, 0.1) is 29.9 Å². The van der Waals surface area contributed by atoms with Crippen LogP contribution in [0.15, 0.2) is 24.5 Å². The molecule has 2 aromatic rings. The number of amides is 1. The Morgan fingerprint density at radius 1 is 1.53 bits per heavy atom. The van der Waals surface area contributed by atoms with Gasteiger partial charge in [-0.05, 0) is 30.5 Å². The Morgan fingerprint density at radius 2 is 2.47 bits per heavy atom. The minimum absolute atomic E-state index is 0.0364. The van der Waals surface area contributed by atoms with Crippen molar-refractivity contribution in [3.05, 3.63) is 30.1 Å². The van der Waals surface area contributed by atoms with Crippen molar-refractivity contribution in [3.8, 4) is 0 Å². The van der Waals surface area contributed by atoms with Crippen molar-refractivity contribution in [1.82, 2.24) is 15.3 Å². The van der Waals surface area contributed by atoms with Gasteiger partial charge >= 0.3 is 0 Å². The molecule has 2 heterocycles. The summed E-state index contributed by atoms with van der Waals surface area (Å²) < 4.78 is 5.47. The standard InChI is InChI=1S/C14H17N3O2/c18-14(15-8-11-2-1-5-19-11)7-10-3-4-12-13(6-10)17-9-16-12/h3-4,6,9,11H,1-2,5,7-8H2,(H,15,18)(H,16,17). The lowest BCUT2D eigenvalue weighted by Gasteiger charge is -2.10. The Bertz CT molecular complexity index is 573. The number of fused-ring (bicyclic) bond motifs is 1. The molecule has 1 atom stereocenters. The number of aromatic amines is 1. The quantitative estimate of drug-likeness (QED) is 0.872. The number of nitrogens with zero attached hydrogens (tertiary/aromatic N) is 1. The van der Waals surface area contributed by atoms with E-state index in [1.807, 2.05) is 18.2 Å². The molecule has 100 valence electrons. The molecular formula is C14H17N3O2. The van der Waals surface area contributed by atoms with Crippen LogP contribution in [-0.2, 0) is 16.0 Å². The molecule has 1 aliphatic heterocycles. The summed E-state index contributed by atoms with van der Waals surface area (Å²) in [6.45, 7) is 1.43. The first-order valence-electron chi connectivity index (χ1n) is 6.61. The highest BCUT2D eigenvalue weighted by atomic mass is 16.5. The van der Waals surface area contributed by atoms with Crippen molar-refractivity contribution in [2.75, 3.05) is 13.2 Å². The molecule has 1 fully saturated rings. The molecule has 5 heteroatoms. The number of hydrogen-bond acceptors (Lipinski definition) is 3. The normalized spacial score (nSPS) is 18.8. The average molecular weight is 259 g/mol. The number of ether oxygens (including phenoxy) is 1. The van der Waals surface area contributed by atoms with E-state index in [0.717, 1.165) is 36.0 Å². The molecule has 1 amide bonds. The third-order valence-corrected chi connectivity index (χ3v) is 3.40. The number of aromatic nitrogens is 2. The molecule has 0 bridgehead atoms. The molecule has 1 aromatic heterocycles. The van der Waals surface area contributed by atoms with Crippen LogP contribution in [0.2, 0.25) is 0 Å². The van der Waals surface area contributed by atoms with E-state index >= 15 is 0 Å². The van der Waals surface area contributed by atoms with Gasteiger partial charge in [-0.3, -0.25) is 4.79 Å². The molecule has 2 N–H and O–H groups in total. The second-order valence-electron chi connectivity index (χ2n) is 4.87. The van der Waals surface area contributed by atoms with E-state index in [1.165, 1.54) is 0 Å². The first kappa shape index (κ1) is 12.2. The fraction of sp³-hybridized carbons (Fsp3) is 0.429. The van der Waals surface area contributed by atoms with Gasteiger partial charge < -0.3 is 15.0 Å². The minimum Gasteiger partial charge on any atom is -0.376 e. The van der Waals surface area contributed by atoms with Crippen LogP contribution in [0.25, 0.3) is 11.0 Å². The van der Waals surface area contributed by atoms with E-state index in [4.69, 9.17) is 4.74 Å². The molecule has 1 unspecified atom stereocenters. The van der Waals surface area contributed by atoms with Crippen LogP contribution in [0.4, 0.5) is 0 Å². The smallest absolute Gasteiger partial charge is 0.224 e. The molecule has 3 rings (SSSR count). The molecule has 0 spiro atoms. The number of nitrogens with one attached hydrogen (secondary N) is 2. The summed E-state index contributed by atoms with van der Waals surface area (Å²) in [5, 5.41) is 2.93. The van der Waals surface area contributed by atoms with Gasteiger partial charge in [-0.1, -0.05) is 6.07 Å². The zero-order chi connectivity index (χ0) is 13.1. The number of H-pyrrole nitrogens is 1. The van der Waals surface area contributed by atoms with Gasteiger partial charge in [0.25, 0.3) is 0 Å². The van der Waals surface area contributed by atoms with Crippen LogP contribution in [-0.4, -0.2) is 35.1 Å². The zero-order valence-electron chi connectivity index (χ0n) is 10.7. The SMILES string of the molecule is O=C(Cc1ccc2nc[nH]c2c1)NCC1CCCO1. The Kier molecular flexibility index (Phi) is 3.46. The number of rotatable bonds is 4. The van der Waals surface area contributed by atoms with Gasteiger partial charge in [0.15, 0.2) is 0 Å². The van der Waals surface area contributed by atoms with E-state index in [9.17, 15) is 4.79 Å². The van der Waals surface area contributed by atoms with Crippen LogP contribution in [0.5, 0.6) is 0 Å². The molecule has 19 heavy (non-hydrogen) atoms. The van der Waals surface area contributed by atoms with Crippen molar-refractivity contribution < 1.29 is 9.53 Å². The number of imidazole rings is 1. The van der Waals surface area contributed by atoms with Crippen molar-refractivity contribution in [2.24, 2.45) is 0 Å². The van der Waals surface area contributed by atoms with E-state index in [2.05, 4.69) is 15.3 Å². The molecular weight excluding hydrogens is 242 g/mol. The number of carbonyl (C=O) groups is 1. The summed E-state index contributed by atoms with van der Waals surface area (Å²) in [7, 11) is 0. The van der Waals surface area contributed by atoms with Crippen molar-refractivity contribution in [3.63, 3.8) is 0 Å². The maximum atomic E-state index is 11.9. The highest BCUT2D eigenvalue weighted by Crippen LogP contribution is 2.13. The minimum atomic E-state index is 0.0364. The molecule has 0 radical (unpaired) electrons.